The van der Waals surface area contributed by atoms with Crippen molar-refractivity contribution in [3.8, 4) is 0 Å². The van der Waals surface area contributed by atoms with Gasteiger partial charge in [0.1, 0.15) is 29.9 Å². The lowest BCUT2D eigenvalue weighted by Gasteiger charge is -2.39. The molecule has 0 aliphatic heterocycles. The molecule has 1 aliphatic rings. The molecule has 0 amide bonds. The van der Waals surface area contributed by atoms with Crippen molar-refractivity contribution in [1.82, 2.24) is 14.8 Å². The van der Waals surface area contributed by atoms with E-state index in [1.54, 1.807) is 0 Å². The maximum Gasteiger partial charge on any atom is 0.216 e. The molecule has 9 heteroatoms. The molecule has 0 radical (unpaired) electrons. The zero-order valence-corrected chi connectivity index (χ0v) is 16.8. The second-order valence-electron chi connectivity index (χ2n) is 7.53. The van der Waals surface area contributed by atoms with Crippen LogP contribution in [0.2, 0.25) is 0 Å². The first-order chi connectivity index (χ1) is 13.8. The quantitative estimate of drug-likeness (QED) is 0.282. The van der Waals surface area contributed by atoms with Crippen molar-refractivity contribution in [3.63, 3.8) is 0 Å². The normalized spacial score (nSPS) is 18.0. The maximum atomic E-state index is 14.8. The Balaban J connectivity index is 2.07. The number of ether oxygens (including phenoxy) is 1. The van der Waals surface area contributed by atoms with Crippen LogP contribution in [0.5, 0.6) is 0 Å². The fourth-order valence-electron chi connectivity index (χ4n) is 3.84. The van der Waals surface area contributed by atoms with Gasteiger partial charge in [-0.1, -0.05) is 25.1 Å². The molecule has 1 heterocycles. The predicted molar refractivity (Wildman–Crippen MR) is 102 cm³/mol. The second-order valence-corrected chi connectivity index (χ2v) is 7.53. The molecule has 0 spiro atoms. The molecule has 1 aromatic heterocycles. The van der Waals surface area contributed by atoms with Crippen LogP contribution in [0.4, 0.5) is 8.78 Å². The highest BCUT2D eigenvalue weighted by molar-refractivity contribution is 5.95. The summed E-state index contributed by atoms with van der Waals surface area (Å²) in [7, 11) is 0. The van der Waals surface area contributed by atoms with E-state index in [9.17, 15) is 13.9 Å². The lowest BCUT2D eigenvalue weighted by Crippen LogP contribution is -2.47. The smallest absolute Gasteiger partial charge is 0.216 e. The average molecular weight is 408 g/mol. The second kappa shape index (κ2) is 8.54. The summed E-state index contributed by atoms with van der Waals surface area (Å²) in [5.74, 6) is -1.61. The molecule has 29 heavy (non-hydrogen) atoms. The molecule has 1 atom stereocenters. The molecule has 1 saturated carbocycles. The molecule has 1 fully saturated rings. The van der Waals surface area contributed by atoms with E-state index in [0.29, 0.717) is 25.2 Å². The summed E-state index contributed by atoms with van der Waals surface area (Å²) in [4.78, 5) is 9.21. The van der Waals surface area contributed by atoms with Crippen molar-refractivity contribution in [2.45, 2.75) is 45.8 Å². The van der Waals surface area contributed by atoms with Crippen molar-refractivity contribution in [1.29, 1.82) is 0 Å². The van der Waals surface area contributed by atoms with E-state index in [2.05, 4.69) is 15.2 Å². The average Bonchev–Trinajstić information content (AvgIpc) is 3.31. The van der Waals surface area contributed by atoms with Gasteiger partial charge >= 0.3 is 0 Å². The largest absolute Gasteiger partial charge is 0.382 e. The molecule has 1 unspecified atom stereocenters. The molecule has 0 saturated heterocycles. The number of nitrogens with zero attached hydrogens (tertiary/aromatic N) is 4. The van der Waals surface area contributed by atoms with Crippen LogP contribution in [0.15, 0.2) is 36.0 Å². The third-order valence-electron chi connectivity index (χ3n) is 5.32. The minimum Gasteiger partial charge on any atom is -0.382 e. The number of benzene rings is 1. The summed E-state index contributed by atoms with van der Waals surface area (Å²) in [6.45, 7) is 6.10. The van der Waals surface area contributed by atoms with Crippen LogP contribution in [-0.4, -0.2) is 39.0 Å². The van der Waals surface area contributed by atoms with Crippen molar-refractivity contribution in [2.75, 3.05) is 13.4 Å². The van der Waals surface area contributed by atoms with E-state index in [-0.39, 0.29) is 24.8 Å². The summed E-state index contributed by atoms with van der Waals surface area (Å²) < 4.78 is 35.0. The van der Waals surface area contributed by atoms with E-state index in [1.807, 2.05) is 20.8 Å². The number of rotatable bonds is 10. The van der Waals surface area contributed by atoms with Gasteiger partial charge in [-0.05, 0) is 31.7 Å². The summed E-state index contributed by atoms with van der Waals surface area (Å²) in [6.07, 6.45) is 3.93. The van der Waals surface area contributed by atoms with Gasteiger partial charge in [-0.25, -0.2) is 18.4 Å². The molecule has 1 aliphatic carbocycles. The van der Waals surface area contributed by atoms with E-state index in [1.165, 1.54) is 23.4 Å². The Hall–Kier alpha value is -2.39. The van der Waals surface area contributed by atoms with Gasteiger partial charge in [0.2, 0.25) is 6.79 Å². The van der Waals surface area contributed by atoms with Crippen molar-refractivity contribution < 1.29 is 23.5 Å². The Bertz CT molecular complexity index is 853. The fourth-order valence-corrected chi connectivity index (χ4v) is 3.84. The highest BCUT2D eigenvalue weighted by atomic mass is 19.1. The zero-order valence-electron chi connectivity index (χ0n) is 16.8. The minimum absolute atomic E-state index is 0.00921. The van der Waals surface area contributed by atoms with Gasteiger partial charge in [-0.2, -0.15) is 5.10 Å². The summed E-state index contributed by atoms with van der Waals surface area (Å²) in [6, 6.07) is 3.19. The third kappa shape index (κ3) is 4.16. The van der Waals surface area contributed by atoms with E-state index < -0.39 is 22.7 Å². The van der Waals surface area contributed by atoms with E-state index in [4.69, 9.17) is 9.57 Å². The number of aliphatic hydroxyl groups is 1. The van der Waals surface area contributed by atoms with Crippen LogP contribution in [0.1, 0.15) is 39.2 Å². The van der Waals surface area contributed by atoms with Crippen molar-refractivity contribution >= 4 is 5.71 Å². The summed E-state index contributed by atoms with van der Waals surface area (Å²) >= 11 is 0. The first-order valence-corrected chi connectivity index (χ1v) is 9.62. The van der Waals surface area contributed by atoms with Gasteiger partial charge in [0.15, 0.2) is 0 Å². The van der Waals surface area contributed by atoms with Gasteiger partial charge in [-0.15, -0.1) is 0 Å². The Morgan fingerprint density at radius 3 is 2.69 bits per heavy atom. The van der Waals surface area contributed by atoms with Gasteiger partial charge < -0.3 is 14.7 Å². The van der Waals surface area contributed by atoms with E-state index in [0.717, 1.165) is 12.1 Å². The monoisotopic (exact) mass is 408 g/mol. The zero-order chi connectivity index (χ0) is 21.1. The minimum atomic E-state index is -1.73. The molecular weight excluding hydrogens is 382 g/mol. The Kier molecular flexibility index (Phi) is 6.28. The Labute approximate surface area is 168 Å². The standard InChI is InChI=1S/C20H26F2N4O3/c1-4-28-13-29-25-18(14(2)3)19(7-8-19)20(27,10-26-12-23-11-24-26)16-6-5-15(21)9-17(16)22/h5-6,9,11-12,14,27H,4,7-8,10,13H2,1-3H3/b25-18+. The predicted octanol–water partition coefficient (Wildman–Crippen LogP) is 3.25. The summed E-state index contributed by atoms with van der Waals surface area (Å²) in [5.41, 5.74) is -2.01. The first-order valence-electron chi connectivity index (χ1n) is 9.62. The molecule has 1 N–H and O–H groups in total. The van der Waals surface area contributed by atoms with Crippen LogP contribution in [0, 0.1) is 23.0 Å². The number of aromatic nitrogens is 3. The van der Waals surface area contributed by atoms with Crippen LogP contribution < -0.4 is 0 Å². The maximum absolute atomic E-state index is 14.8. The number of oxime groups is 1. The number of hydrogen-bond donors (Lipinski definition) is 1. The van der Waals surface area contributed by atoms with Crippen LogP contribution in [0.25, 0.3) is 0 Å². The van der Waals surface area contributed by atoms with Crippen molar-refractivity contribution in [3.05, 3.63) is 48.1 Å². The van der Waals surface area contributed by atoms with Gasteiger partial charge in [0.05, 0.1) is 12.3 Å². The molecule has 158 valence electrons. The highest BCUT2D eigenvalue weighted by Gasteiger charge is 2.64. The van der Waals surface area contributed by atoms with Gasteiger partial charge in [0.25, 0.3) is 0 Å². The Morgan fingerprint density at radius 1 is 1.38 bits per heavy atom. The highest BCUT2D eigenvalue weighted by Crippen LogP contribution is 2.61. The lowest BCUT2D eigenvalue weighted by molar-refractivity contribution is -0.0560. The molecule has 3 rings (SSSR count). The molecule has 1 aromatic carbocycles. The van der Waals surface area contributed by atoms with Gasteiger partial charge in [0, 0.05) is 23.7 Å². The van der Waals surface area contributed by atoms with Gasteiger partial charge in [-0.3, -0.25) is 0 Å². The fraction of sp³-hybridized carbons (Fsp3) is 0.550. The summed E-state index contributed by atoms with van der Waals surface area (Å²) in [5, 5.41) is 20.2. The topological polar surface area (TPSA) is 81.8 Å². The molecule has 7 nitrogen and oxygen atoms in total. The van der Waals surface area contributed by atoms with Crippen LogP contribution in [0.3, 0.4) is 0 Å². The van der Waals surface area contributed by atoms with E-state index >= 15 is 0 Å². The number of hydrogen-bond acceptors (Lipinski definition) is 6. The molecule has 2 aromatic rings. The molecule has 0 bridgehead atoms. The third-order valence-corrected chi connectivity index (χ3v) is 5.32. The van der Waals surface area contributed by atoms with Crippen LogP contribution in [-0.2, 0) is 21.7 Å². The lowest BCUT2D eigenvalue weighted by atomic mass is 9.72. The van der Waals surface area contributed by atoms with Crippen LogP contribution >= 0.6 is 0 Å². The van der Waals surface area contributed by atoms with Crippen molar-refractivity contribution in [2.24, 2.45) is 16.5 Å². The Morgan fingerprint density at radius 2 is 2.14 bits per heavy atom. The first kappa shape index (κ1) is 21.3. The SMILES string of the molecule is CCOCO/N=C(\C(C)C)C1(C(O)(Cn2cncn2)c2ccc(F)cc2F)CC1. The molecular formula is C20H26F2N4O3. The number of halogens is 2.